The molecule has 0 radical (unpaired) electrons. The maximum absolute atomic E-state index is 11.5. The van der Waals surface area contributed by atoms with Crippen molar-refractivity contribution < 1.29 is 22.6 Å². The topological polar surface area (TPSA) is 30.5 Å². The molecule has 0 aromatic heterocycles. The van der Waals surface area contributed by atoms with Crippen LogP contribution in [0.1, 0.15) is 6.92 Å². The average Bonchev–Trinajstić information content (AvgIpc) is 1.97. The molecule has 1 N–H and O–H groups in total. The van der Waals surface area contributed by atoms with Gasteiger partial charge < -0.3 is 14.8 Å². The first-order valence-corrected chi connectivity index (χ1v) is 3.86. The van der Waals surface area contributed by atoms with Crippen molar-refractivity contribution in [1.29, 1.82) is 0 Å². The monoisotopic (exact) mass is 201 g/mol. The van der Waals surface area contributed by atoms with Crippen LogP contribution in [-0.2, 0) is 9.47 Å². The summed E-state index contributed by atoms with van der Waals surface area (Å²) in [6.45, 7) is 0.727. The molecule has 0 saturated carbocycles. The van der Waals surface area contributed by atoms with E-state index in [1.165, 1.54) is 0 Å². The Bertz CT molecular complexity index is 129. The van der Waals surface area contributed by atoms with Gasteiger partial charge in [-0.2, -0.15) is 13.2 Å². The molecule has 3 nitrogen and oxygen atoms in total. The van der Waals surface area contributed by atoms with Crippen molar-refractivity contribution in [1.82, 2.24) is 5.32 Å². The highest BCUT2D eigenvalue weighted by Crippen LogP contribution is 2.14. The van der Waals surface area contributed by atoms with E-state index in [1.807, 2.05) is 0 Å². The number of nitrogens with one attached hydrogen (secondary N) is 1. The summed E-state index contributed by atoms with van der Waals surface area (Å²) < 4.78 is 43.7. The molecule has 13 heavy (non-hydrogen) atoms. The summed E-state index contributed by atoms with van der Waals surface area (Å²) in [7, 11) is 1.73. The van der Waals surface area contributed by atoms with Crippen LogP contribution in [0.5, 0.6) is 0 Å². The molecule has 0 fully saturated rings. The summed E-state index contributed by atoms with van der Waals surface area (Å²) in [6.07, 6.45) is -4.44. The minimum Gasteiger partial charge on any atom is -0.351 e. The number of likely N-dealkylation sites (N-methyl/N-ethyl adjacent to an activating group) is 1. The van der Waals surface area contributed by atoms with Crippen LogP contribution >= 0.6 is 0 Å². The van der Waals surface area contributed by atoms with Gasteiger partial charge in [0.2, 0.25) is 0 Å². The molecule has 0 aromatic rings. The van der Waals surface area contributed by atoms with Gasteiger partial charge in [0.15, 0.2) is 0 Å². The molecule has 0 saturated heterocycles. The third-order valence-electron chi connectivity index (χ3n) is 1.19. The first-order chi connectivity index (χ1) is 5.95. The van der Waals surface area contributed by atoms with E-state index in [0.717, 1.165) is 0 Å². The van der Waals surface area contributed by atoms with E-state index in [-0.39, 0.29) is 12.9 Å². The standard InChI is InChI=1S/C7H14F3NO2/c1-6(3-11-2)13-5-12-4-7(8,9)10/h6,11H,3-5H2,1-2H3. The Morgan fingerprint density at radius 3 is 2.46 bits per heavy atom. The van der Waals surface area contributed by atoms with Crippen molar-refractivity contribution in [3.63, 3.8) is 0 Å². The predicted octanol–water partition coefficient (Wildman–Crippen LogP) is 1.15. The van der Waals surface area contributed by atoms with E-state index in [2.05, 4.69) is 10.1 Å². The molecule has 0 bridgehead atoms. The molecule has 0 aliphatic rings. The third-order valence-corrected chi connectivity index (χ3v) is 1.19. The molecular formula is C7H14F3NO2. The summed E-state index contributed by atoms with van der Waals surface area (Å²) in [5.74, 6) is 0. The van der Waals surface area contributed by atoms with Gasteiger partial charge in [0.25, 0.3) is 0 Å². The summed E-state index contributed by atoms with van der Waals surface area (Å²) in [5.41, 5.74) is 0. The smallest absolute Gasteiger partial charge is 0.351 e. The average molecular weight is 201 g/mol. The zero-order valence-electron chi connectivity index (χ0n) is 7.65. The van der Waals surface area contributed by atoms with Crippen LogP contribution in [0.15, 0.2) is 0 Å². The Balaban J connectivity index is 3.25. The van der Waals surface area contributed by atoms with Gasteiger partial charge in [-0.1, -0.05) is 0 Å². The lowest BCUT2D eigenvalue weighted by Gasteiger charge is -2.13. The van der Waals surface area contributed by atoms with E-state index in [1.54, 1.807) is 14.0 Å². The van der Waals surface area contributed by atoms with Crippen LogP contribution in [-0.4, -0.2) is 39.3 Å². The zero-order chi connectivity index (χ0) is 10.3. The van der Waals surface area contributed by atoms with Gasteiger partial charge >= 0.3 is 6.18 Å². The van der Waals surface area contributed by atoms with E-state index in [9.17, 15) is 13.2 Å². The Morgan fingerprint density at radius 2 is 2.00 bits per heavy atom. The lowest BCUT2D eigenvalue weighted by molar-refractivity contribution is -0.201. The molecule has 0 spiro atoms. The second-order valence-electron chi connectivity index (χ2n) is 2.62. The molecule has 0 amide bonds. The van der Waals surface area contributed by atoms with Crippen LogP contribution in [0.3, 0.4) is 0 Å². The van der Waals surface area contributed by atoms with Crippen molar-refractivity contribution in [2.24, 2.45) is 0 Å². The Kier molecular flexibility index (Phi) is 6.02. The van der Waals surface area contributed by atoms with Crippen LogP contribution in [0.2, 0.25) is 0 Å². The molecule has 0 heterocycles. The number of alkyl halides is 3. The molecule has 6 heteroatoms. The quantitative estimate of drug-likeness (QED) is 0.516. The number of hydrogen-bond acceptors (Lipinski definition) is 3. The SMILES string of the molecule is CNCC(C)OCOCC(F)(F)F. The Morgan fingerprint density at radius 1 is 1.38 bits per heavy atom. The summed E-state index contributed by atoms with van der Waals surface area (Å²) in [5, 5.41) is 2.82. The van der Waals surface area contributed by atoms with Gasteiger partial charge in [0.05, 0.1) is 6.10 Å². The van der Waals surface area contributed by atoms with Gasteiger partial charge in [-0.25, -0.2) is 0 Å². The van der Waals surface area contributed by atoms with Crippen molar-refractivity contribution in [2.45, 2.75) is 19.2 Å². The summed E-state index contributed by atoms with van der Waals surface area (Å²) in [6, 6.07) is 0. The Hall–Kier alpha value is -0.330. The van der Waals surface area contributed by atoms with Gasteiger partial charge in [-0.05, 0) is 14.0 Å². The van der Waals surface area contributed by atoms with Crippen LogP contribution in [0.4, 0.5) is 13.2 Å². The number of rotatable bonds is 6. The van der Waals surface area contributed by atoms with Crippen molar-refractivity contribution in [3.05, 3.63) is 0 Å². The van der Waals surface area contributed by atoms with Gasteiger partial charge in [-0.3, -0.25) is 0 Å². The van der Waals surface area contributed by atoms with E-state index in [0.29, 0.717) is 6.54 Å². The predicted molar refractivity (Wildman–Crippen MR) is 41.3 cm³/mol. The summed E-state index contributed by atoms with van der Waals surface area (Å²) in [4.78, 5) is 0. The lowest BCUT2D eigenvalue weighted by Crippen LogP contribution is -2.26. The number of halogens is 3. The molecule has 0 aliphatic carbocycles. The maximum atomic E-state index is 11.5. The highest BCUT2D eigenvalue weighted by molar-refractivity contribution is 4.50. The Labute approximate surface area is 75.2 Å². The lowest BCUT2D eigenvalue weighted by atomic mass is 10.4. The largest absolute Gasteiger partial charge is 0.411 e. The van der Waals surface area contributed by atoms with Gasteiger partial charge in [-0.15, -0.1) is 0 Å². The summed E-state index contributed by atoms with van der Waals surface area (Å²) >= 11 is 0. The highest BCUT2D eigenvalue weighted by atomic mass is 19.4. The van der Waals surface area contributed by atoms with Gasteiger partial charge in [0, 0.05) is 6.54 Å². The minimum atomic E-state index is -4.28. The van der Waals surface area contributed by atoms with Gasteiger partial charge in [0.1, 0.15) is 13.4 Å². The van der Waals surface area contributed by atoms with E-state index in [4.69, 9.17) is 4.74 Å². The molecule has 0 aromatic carbocycles. The minimum absolute atomic E-state index is 0.154. The molecule has 1 atom stereocenters. The maximum Gasteiger partial charge on any atom is 0.411 e. The normalized spacial score (nSPS) is 14.5. The van der Waals surface area contributed by atoms with Crippen LogP contribution in [0.25, 0.3) is 0 Å². The second-order valence-corrected chi connectivity index (χ2v) is 2.62. The fourth-order valence-corrected chi connectivity index (χ4v) is 0.668. The number of hydrogen-bond donors (Lipinski definition) is 1. The zero-order valence-corrected chi connectivity index (χ0v) is 7.65. The van der Waals surface area contributed by atoms with Crippen molar-refractivity contribution in [2.75, 3.05) is 27.0 Å². The molecule has 80 valence electrons. The molecular weight excluding hydrogens is 187 g/mol. The highest BCUT2D eigenvalue weighted by Gasteiger charge is 2.27. The second kappa shape index (κ2) is 6.17. The van der Waals surface area contributed by atoms with Crippen molar-refractivity contribution >= 4 is 0 Å². The molecule has 1 unspecified atom stereocenters. The van der Waals surface area contributed by atoms with Crippen LogP contribution < -0.4 is 5.32 Å². The fourth-order valence-electron chi connectivity index (χ4n) is 0.668. The van der Waals surface area contributed by atoms with Crippen molar-refractivity contribution in [3.8, 4) is 0 Å². The van der Waals surface area contributed by atoms with E-state index < -0.39 is 12.8 Å². The van der Waals surface area contributed by atoms with Crippen LogP contribution in [0, 0.1) is 0 Å². The third kappa shape index (κ3) is 9.59. The fraction of sp³-hybridized carbons (Fsp3) is 1.00. The molecule has 0 rings (SSSR count). The number of ether oxygens (including phenoxy) is 2. The molecule has 0 aliphatic heterocycles. The first-order valence-electron chi connectivity index (χ1n) is 3.86. The first kappa shape index (κ1) is 12.7. The van der Waals surface area contributed by atoms with E-state index >= 15 is 0 Å².